The fourth-order valence-electron chi connectivity index (χ4n) is 1.40. The molecule has 0 saturated heterocycles. The molecule has 1 aromatic heterocycles. The maximum Gasteiger partial charge on any atom is 0.230 e. The molecule has 18 heavy (non-hydrogen) atoms. The number of hydrogen-bond acceptors (Lipinski definition) is 4. The summed E-state index contributed by atoms with van der Waals surface area (Å²) in [7, 11) is 0. The number of thioether (sulfide) groups is 1. The summed E-state index contributed by atoms with van der Waals surface area (Å²) in [6, 6.07) is 3.85. The van der Waals surface area contributed by atoms with Crippen LogP contribution in [-0.4, -0.2) is 27.8 Å². The lowest BCUT2D eigenvalue weighted by atomic mass is 10.2. The second-order valence-electron chi connectivity index (χ2n) is 4.35. The topological polar surface area (TPSA) is 62.2 Å². The molecule has 0 aromatic carbocycles. The van der Waals surface area contributed by atoms with Gasteiger partial charge in [0, 0.05) is 17.1 Å². The first-order valence-corrected chi connectivity index (χ1v) is 7.07. The third-order valence-corrected chi connectivity index (χ3v) is 3.29. The van der Waals surface area contributed by atoms with Crippen molar-refractivity contribution >= 4 is 17.7 Å². The van der Waals surface area contributed by atoms with Gasteiger partial charge in [0.2, 0.25) is 5.91 Å². The summed E-state index contributed by atoms with van der Waals surface area (Å²) in [4.78, 5) is 16.6. The molecular weight excluding hydrogens is 248 g/mol. The van der Waals surface area contributed by atoms with Crippen LogP contribution in [0.4, 0.5) is 0 Å². The van der Waals surface area contributed by atoms with E-state index in [1.807, 2.05) is 26.8 Å². The van der Waals surface area contributed by atoms with E-state index in [4.69, 9.17) is 0 Å². The van der Waals surface area contributed by atoms with Crippen molar-refractivity contribution in [2.24, 2.45) is 0 Å². The highest BCUT2D eigenvalue weighted by Crippen LogP contribution is 2.19. The maximum absolute atomic E-state index is 11.5. The number of pyridine rings is 1. The van der Waals surface area contributed by atoms with Crippen LogP contribution in [0.25, 0.3) is 0 Å². The van der Waals surface area contributed by atoms with Gasteiger partial charge in [0.25, 0.3) is 0 Å². The lowest BCUT2D eigenvalue weighted by molar-refractivity contribution is -0.119. The number of aromatic nitrogens is 1. The molecule has 1 amide bonds. The zero-order valence-corrected chi connectivity index (χ0v) is 11.8. The van der Waals surface area contributed by atoms with Gasteiger partial charge in [-0.05, 0) is 32.4 Å². The van der Waals surface area contributed by atoms with Gasteiger partial charge in [0.15, 0.2) is 0 Å². The minimum atomic E-state index is -0.506. The van der Waals surface area contributed by atoms with Crippen molar-refractivity contribution in [3.63, 3.8) is 0 Å². The molecule has 2 N–H and O–H groups in total. The van der Waals surface area contributed by atoms with Crippen LogP contribution in [0.5, 0.6) is 0 Å². The number of carbonyl (C=O) groups excluding carboxylic acids is 1. The summed E-state index contributed by atoms with van der Waals surface area (Å²) in [6.07, 6.45) is 1.84. The highest BCUT2D eigenvalue weighted by molar-refractivity contribution is 8.00. The molecule has 5 heteroatoms. The summed E-state index contributed by atoms with van der Waals surface area (Å²) in [5.74, 6) is 0.405. The van der Waals surface area contributed by atoms with Gasteiger partial charge in [-0.1, -0.05) is 6.92 Å². The second-order valence-corrected chi connectivity index (χ2v) is 5.40. The molecule has 0 saturated carbocycles. The quantitative estimate of drug-likeness (QED) is 0.776. The van der Waals surface area contributed by atoms with Gasteiger partial charge < -0.3 is 10.4 Å². The lowest BCUT2D eigenvalue weighted by Gasteiger charge is -2.09. The molecule has 100 valence electrons. The molecular formula is C13H20N2O2S. The molecule has 0 aliphatic rings. The van der Waals surface area contributed by atoms with E-state index >= 15 is 0 Å². The number of nitrogens with zero attached hydrogens (tertiary/aromatic N) is 1. The summed E-state index contributed by atoms with van der Waals surface area (Å²) in [5, 5.41) is 12.4. The molecule has 4 nitrogen and oxygen atoms in total. The number of aliphatic hydroxyl groups excluding tert-OH is 1. The van der Waals surface area contributed by atoms with Crippen molar-refractivity contribution < 1.29 is 9.90 Å². The minimum Gasteiger partial charge on any atom is -0.387 e. The van der Waals surface area contributed by atoms with Crippen LogP contribution in [0.15, 0.2) is 23.2 Å². The van der Waals surface area contributed by atoms with Crippen molar-refractivity contribution in [1.29, 1.82) is 0 Å². The Morgan fingerprint density at radius 2 is 2.22 bits per heavy atom. The Bertz CT molecular complexity index is 379. The number of amides is 1. The summed E-state index contributed by atoms with van der Waals surface area (Å²) in [5.41, 5.74) is 0.675. The van der Waals surface area contributed by atoms with Crippen LogP contribution in [-0.2, 0) is 4.79 Å². The van der Waals surface area contributed by atoms with Crippen LogP contribution in [0, 0.1) is 0 Å². The number of carbonyl (C=O) groups is 1. The van der Waals surface area contributed by atoms with Gasteiger partial charge in [-0.3, -0.25) is 9.78 Å². The van der Waals surface area contributed by atoms with Crippen molar-refractivity contribution in [2.45, 2.75) is 44.2 Å². The third kappa shape index (κ3) is 5.06. The number of rotatable bonds is 6. The van der Waals surface area contributed by atoms with Crippen molar-refractivity contribution in [3.8, 4) is 0 Å². The first-order valence-electron chi connectivity index (χ1n) is 6.09. The average Bonchev–Trinajstić information content (AvgIpc) is 2.35. The summed E-state index contributed by atoms with van der Waals surface area (Å²) in [6.45, 7) is 5.78. The van der Waals surface area contributed by atoms with Gasteiger partial charge in [-0.2, -0.15) is 0 Å². The van der Waals surface area contributed by atoms with E-state index in [2.05, 4.69) is 10.3 Å². The normalized spacial score (nSPS) is 12.5. The van der Waals surface area contributed by atoms with E-state index in [9.17, 15) is 9.90 Å². The predicted molar refractivity (Wildman–Crippen MR) is 73.5 cm³/mol. The van der Waals surface area contributed by atoms with E-state index in [1.54, 1.807) is 12.3 Å². The van der Waals surface area contributed by atoms with Gasteiger partial charge in [-0.25, -0.2) is 0 Å². The van der Waals surface area contributed by atoms with E-state index in [0.717, 1.165) is 4.90 Å². The molecule has 1 rings (SSSR count). The molecule has 0 radical (unpaired) electrons. The highest BCUT2D eigenvalue weighted by Gasteiger charge is 2.07. The Hall–Kier alpha value is -1.07. The molecule has 0 aliphatic heterocycles. The predicted octanol–water partition coefficient (Wildman–Crippen LogP) is 2.14. The van der Waals surface area contributed by atoms with Crippen molar-refractivity contribution in [3.05, 3.63) is 24.0 Å². The molecule has 0 fully saturated rings. The van der Waals surface area contributed by atoms with Crippen LogP contribution < -0.4 is 5.32 Å². The van der Waals surface area contributed by atoms with Gasteiger partial charge in [0.1, 0.15) is 0 Å². The molecule has 0 bridgehead atoms. The second kappa shape index (κ2) is 7.38. The third-order valence-electron chi connectivity index (χ3n) is 2.31. The van der Waals surface area contributed by atoms with Crippen LogP contribution in [0.1, 0.15) is 39.0 Å². The number of hydrogen-bond donors (Lipinski definition) is 2. The summed E-state index contributed by atoms with van der Waals surface area (Å²) >= 11 is 1.44. The van der Waals surface area contributed by atoms with E-state index in [0.29, 0.717) is 17.9 Å². The average molecular weight is 268 g/mol. The molecule has 1 heterocycles. The SMILES string of the molecule is CC[C@H](O)c1ccc(SCC(=O)NC(C)C)cn1. The van der Waals surface area contributed by atoms with Gasteiger partial charge >= 0.3 is 0 Å². The van der Waals surface area contributed by atoms with Gasteiger partial charge in [-0.15, -0.1) is 11.8 Å². The van der Waals surface area contributed by atoms with E-state index < -0.39 is 6.10 Å². The molecule has 1 atom stereocenters. The minimum absolute atomic E-state index is 0.0210. The Balaban J connectivity index is 2.46. The van der Waals surface area contributed by atoms with Gasteiger partial charge in [0.05, 0.1) is 17.6 Å². The largest absolute Gasteiger partial charge is 0.387 e. The maximum atomic E-state index is 11.5. The smallest absolute Gasteiger partial charge is 0.230 e. The zero-order valence-electron chi connectivity index (χ0n) is 11.0. The molecule has 0 spiro atoms. The Morgan fingerprint density at radius 3 is 2.72 bits per heavy atom. The van der Waals surface area contributed by atoms with E-state index in [1.165, 1.54) is 11.8 Å². The fourth-order valence-corrected chi connectivity index (χ4v) is 2.07. The highest BCUT2D eigenvalue weighted by atomic mass is 32.2. The Morgan fingerprint density at radius 1 is 1.50 bits per heavy atom. The molecule has 1 aromatic rings. The molecule has 0 aliphatic carbocycles. The first-order chi connectivity index (χ1) is 8.52. The monoisotopic (exact) mass is 268 g/mol. The van der Waals surface area contributed by atoms with Crippen molar-refractivity contribution in [1.82, 2.24) is 10.3 Å². The van der Waals surface area contributed by atoms with E-state index in [-0.39, 0.29) is 11.9 Å². The number of aliphatic hydroxyl groups is 1. The first kappa shape index (κ1) is 15.0. The van der Waals surface area contributed by atoms with Crippen LogP contribution >= 0.6 is 11.8 Å². The lowest BCUT2D eigenvalue weighted by Crippen LogP contribution is -2.31. The molecule has 0 unspecified atom stereocenters. The number of nitrogens with one attached hydrogen (secondary N) is 1. The standard InChI is InChI=1S/C13H20N2O2S/c1-4-12(16)11-6-5-10(7-14-11)18-8-13(17)15-9(2)3/h5-7,9,12,16H,4,8H2,1-3H3,(H,15,17)/t12-/m0/s1. The Kier molecular flexibility index (Phi) is 6.15. The van der Waals surface area contributed by atoms with Crippen molar-refractivity contribution in [2.75, 3.05) is 5.75 Å². The fraction of sp³-hybridized carbons (Fsp3) is 0.538. The Labute approximate surface area is 112 Å². The summed E-state index contributed by atoms with van der Waals surface area (Å²) < 4.78 is 0. The van der Waals surface area contributed by atoms with Crippen LogP contribution in [0.3, 0.4) is 0 Å². The zero-order chi connectivity index (χ0) is 13.5. The van der Waals surface area contributed by atoms with Crippen LogP contribution in [0.2, 0.25) is 0 Å².